The minimum atomic E-state index is -0.646. The zero-order chi connectivity index (χ0) is 10.8. The van der Waals surface area contributed by atoms with E-state index in [0.717, 1.165) is 19.3 Å². The molecule has 1 aliphatic carbocycles. The van der Waals surface area contributed by atoms with Crippen molar-refractivity contribution in [3.05, 3.63) is 0 Å². The number of carbonyl (C=O) groups is 2. The molecule has 15 heavy (non-hydrogen) atoms. The first-order valence-electron chi connectivity index (χ1n) is 5.22. The molecule has 6 heteroatoms. The Labute approximate surface area is 88.8 Å². The Kier molecular flexibility index (Phi) is 2.95. The maximum absolute atomic E-state index is 11.4. The van der Waals surface area contributed by atoms with Gasteiger partial charge in [0.15, 0.2) is 0 Å². The highest BCUT2D eigenvalue weighted by Crippen LogP contribution is 2.36. The van der Waals surface area contributed by atoms with Crippen LogP contribution < -0.4 is 0 Å². The molecule has 2 rings (SSSR count). The predicted octanol–water partition coefficient (Wildman–Crippen LogP) is 0.0605. The lowest BCUT2D eigenvalue weighted by Gasteiger charge is -2.31. The quantitative estimate of drug-likeness (QED) is 0.574. The third kappa shape index (κ3) is 2.50. The molecule has 1 saturated heterocycles. The van der Waals surface area contributed by atoms with Gasteiger partial charge in [-0.2, -0.15) is 0 Å². The SMILES string of the molecule is CN1CC(=O)OB(C2CCC2)OC(=O)C1. The van der Waals surface area contributed by atoms with E-state index in [-0.39, 0.29) is 30.8 Å². The Morgan fingerprint density at radius 3 is 2.13 bits per heavy atom. The molecule has 0 aromatic heterocycles. The number of carbonyl (C=O) groups excluding carboxylic acids is 2. The average Bonchev–Trinajstić information content (AvgIpc) is 1.96. The third-order valence-electron chi connectivity index (χ3n) is 2.83. The first-order chi connectivity index (χ1) is 7.15. The number of hydrogen-bond acceptors (Lipinski definition) is 5. The lowest BCUT2D eigenvalue weighted by atomic mass is 9.60. The number of hydrogen-bond donors (Lipinski definition) is 0. The van der Waals surface area contributed by atoms with E-state index < -0.39 is 7.12 Å². The van der Waals surface area contributed by atoms with Crippen LogP contribution in [0.5, 0.6) is 0 Å². The molecule has 0 spiro atoms. The van der Waals surface area contributed by atoms with E-state index in [2.05, 4.69) is 0 Å². The van der Waals surface area contributed by atoms with Crippen molar-refractivity contribution >= 4 is 19.1 Å². The molecule has 2 aliphatic rings. The lowest BCUT2D eigenvalue weighted by molar-refractivity contribution is -0.146. The van der Waals surface area contributed by atoms with Crippen LogP contribution in [-0.4, -0.2) is 44.1 Å². The molecule has 2 fully saturated rings. The summed E-state index contributed by atoms with van der Waals surface area (Å²) in [5.41, 5.74) is 0. The van der Waals surface area contributed by atoms with Gasteiger partial charge < -0.3 is 9.31 Å². The Hall–Kier alpha value is -1.04. The first kappa shape index (κ1) is 10.5. The van der Waals surface area contributed by atoms with Crippen molar-refractivity contribution in [1.82, 2.24) is 4.90 Å². The lowest BCUT2D eigenvalue weighted by Crippen LogP contribution is -2.45. The third-order valence-corrected chi connectivity index (χ3v) is 2.83. The molecule has 1 aliphatic heterocycles. The highest BCUT2D eigenvalue weighted by Gasteiger charge is 2.42. The molecule has 5 nitrogen and oxygen atoms in total. The summed E-state index contributed by atoms with van der Waals surface area (Å²) in [4.78, 5) is 24.3. The zero-order valence-corrected chi connectivity index (χ0v) is 8.77. The molecule has 0 aromatic carbocycles. The van der Waals surface area contributed by atoms with E-state index in [1.54, 1.807) is 11.9 Å². The van der Waals surface area contributed by atoms with Gasteiger partial charge in [-0.15, -0.1) is 0 Å². The monoisotopic (exact) mass is 211 g/mol. The molecular formula is C9H14BNO4. The van der Waals surface area contributed by atoms with Crippen LogP contribution in [0, 0.1) is 0 Å². The smallest absolute Gasteiger partial charge is 0.498 e. The van der Waals surface area contributed by atoms with Crippen molar-refractivity contribution in [2.24, 2.45) is 0 Å². The van der Waals surface area contributed by atoms with Crippen LogP contribution >= 0.6 is 0 Å². The van der Waals surface area contributed by atoms with Gasteiger partial charge in [0, 0.05) is 5.82 Å². The summed E-state index contributed by atoms with van der Waals surface area (Å²) < 4.78 is 10.2. The molecule has 0 unspecified atom stereocenters. The highest BCUT2D eigenvalue weighted by atomic mass is 16.6. The molecule has 0 bridgehead atoms. The molecular weight excluding hydrogens is 197 g/mol. The van der Waals surface area contributed by atoms with Gasteiger partial charge in [0.1, 0.15) is 0 Å². The average molecular weight is 211 g/mol. The summed E-state index contributed by atoms with van der Waals surface area (Å²) >= 11 is 0. The maximum Gasteiger partial charge on any atom is 0.601 e. The minimum absolute atomic E-state index is 0.151. The Bertz CT molecular complexity index is 259. The van der Waals surface area contributed by atoms with Crippen LogP contribution in [0.15, 0.2) is 0 Å². The van der Waals surface area contributed by atoms with E-state index >= 15 is 0 Å². The molecule has 0 aromatic rings. The zero-order valence-electron chi connectivity index (χ0n) is 8.77. The van der Waals surface area contributed by atoms with Crippen molar-refractivity contribution in [2.45, 2.75) is 25.1 Å². The molecule has 82 valence electrons. The van der Waals surface area contributed by atoms with Crippen molar-refractivity contribution in [2.75, 3.05) is 20.1 Å². The van der Waals surface area contributed by atoms with Crippen LogP contribution in [-0.2, 0) is 18.9 Å². The van der Waals surface area contributed by atoms with Crippen molar-refractivity contribution in [3.8, 4) is 0 Å². The van der Waals surface area contributed by atoms with E-state index in [1.165, 1.54) is 0 Å². The summed E-state index contributed by atoms with van der Waals surface area (Å²) in [5, 5.41) is 0. The van der Waals surface area contributed by atoms with E-state index in [1.807, 2.05) is 0 Å². The van der Waals surface area contributed by atoms with Gasteiger partial charge in [0.05, 0.1) is 13.1 Å². The summed E-state index contributed by atoms with van der Waals surface area (Å²) in [6.07, 6.45) is 3.07. The maximum atomic E-state index is 11.4. The normalized spacial score (nSPS) is 25.0. The largest absolute Gasteiger partial charge is 0.601 e. The van der Waals surface area contributed by atoms with E-state index in [0.29, 0.717) is 0 Å². The summed E-state index contributed by atoms with van der Waals surface area (Å²) in [6, 6.07) is 0. The van der Waals surface area contributed by atoms with Gasteiger partial charge in [-0.05, 0) is 19.9 Å². The Morgan fingerprint density at radius 1 is 1.20 bits per heavy atom. The van der Waals surface area contributed by atoms with Crippen molar-refractivity contribution in [1.29, 1.82) is 0 Å². The second-order valence-corrected chi connectivity index (χ2v) is 4.21. The number of nitrogens with zero attached hydrogens (tertiary/aromatic N) is 1. The van der Waals surface area contributed by atoms with Gasteiger partial charge in [-0.1, -0.05) is 6.42 Å². The second kappa shape index (κ2) is 4.22. The molecule has 0 amide bonds. The standard InChI is InChI=1S/C9H14BNO4/c1-11-5-8(12)14-10(7-3-2-4-7)15-9(13)6-11/h7H,2-6H2,1H3. The Balaban J connectivity index is 1.98. The molecule has 0 N–H and O–H groups in total. The fraction of sp³-hybridized carbons (Fsp3) is 0.778. The molecule has 1 saturated carbocycles. The van der Waals surface area contributed by atoms with Crippen molar-refractivity contribution in [3.63, 3.8) is 0 Å². The number of rotatable bonds is 1. The van der Waals surface area contributed by atoms with Gasteiger partial charge in [0.25, 0.3) is 0 Å². The fourth-order valence-electron chi connectivity index (χ4n) is 1.76. The second-order valence-electron chi connectivity index (χ2n) is 4.21. The fourth-order valence-corrected chi connectivity index (χ4v) is 1.76. The first-order valence-corrected chi connectivity index (χ1v) is 5.22. The van der Waals surface area contributed by atoms with Gasteiger partial charge >= 0.3 is 19.1 Å². The number of likely N-dealkylation sites (N-methyl/N-ethyl adjacent to an activating group) is 1. The van der Waals surface area contributed by atoms with Crippen LogP contribution in [0.3, 0.4) is 0 Å². The topological polar surface area (TPSA) is 55.8 Å². The van der Waals surface area contributed by atoms with Crippen LogP contribution in [0.1, 0.15) is 19.3 Å². The molecule has 0 atom stereocenters. The van der Waals surface area contributed by atoms with Crippen molar-refractivity contribution < 1.29 is 18.9 Å². The Morgan fingerprint density at radius 2 is 1.73 bits per heavy atom. The molecule has 1 heterocycles. The van der Waals surface area contributed by atoms with Gasteiger partial charge in [-0.3, -0.25) is 14.5 Å². The van der Waals surface area contributed by atoms with E-state index in [9.17, 15) is 9.59 Å². The summed E-state index contributed by atoms with van der Waals surface area (Å²) in [7, 11) is 1.04. The molecule has 0 radical (unpaired) electrons. The minimum Gasteiger partial charge on any atom is -0.498 e. The highest BCUT2D eigenvalue weighted by molar-refractivity contribution is 6.51. The summed E-state index contributed by atoms with van der Waals surface area (Å²) in [6.45, 7) is 0.302. The van der Waals surface area contributed by atoms with Gasteiger partial charge in [-0.25, -0.2) is 0 Å². The predicted molar refractivity (Wildman–Crippen MR) is 53.0 cm³/mol. The van der Waals surface area contributed by atoms with Crippen LogP contribution in [0.25, 0.3) is 0 Å². The van der Waals surface area contributed by atoms with Crippen LogP contribution in [0.4, 0.5) is 0 Å². The summed E-state index contributed by atoms with van der Waals surface area (Å²) in [5.74, 6) is -0.426. The van der Waals surface area contributed by atoms with E-state index in [4.69, 9.17) is 9.31 Å². The van der Waals surface area contributed by atoms with Gasteiger partial charge in [0.2, 0.25) is 0 Å². The van der Waals surface area contributed by atoms with Crippen LogP contribution in [0.2, 0.25) is 5.82 Å².